The summed E-state index contributed by atoms with van der Waals surface area (Å²) in [4.78, 5) is 21.8. The molecule has 0 unspecified atom stereocenters. The zero-order valence-corrected chi connectivity index (χ0v) is 11.2. The van der Waals surface area contributed by atoms with Gasteiger partial charge in [-0.3, -0.25) is 14.9 Å². The van der Waals surface area contributed by atoms with Crippen molar-refractivity contribution >= 4 is 17.3 Å². The van der Waals surface area contributed by atoms with E-state index in [1.807, 2.05) is 6.92 Å². The molecule has 0 atom stereocenters. The van der Waals surface area contributed by atoms with Crippen molar-refractivity contribution in [1.29, 1.82) is 0 Å². The van der Waals surface area contributed by atoms with Crippen molar-refractivity contribution in [3.05, 3.63) is 33.9 Å². The maximum absolute atomic E-state index is 12.0. The maximum Gasteiger partial charge on any atom is 0.405 e. The molecule has 6 nitrogen and oxygen atoms in total. The molecule has 0 saturated heterocycles. The topological polar surface area (TPSA) is 84.3 Å². The van der Waals surface area contributed by atoms with Gasteiger partial charge >= 0.3 is 6.18 Å². The molecule has 0 bridgehead atoms. The molecule has 9 heteroatoms. The van der Waals surface area contributed by atoms with E-state index in [1.54, 1.807) is 5.32 Å². The second-order valence-corrected chi connectivity index (χ2v) is 4.21. The van der Waals surface area contributed by atoms with Gasteiger partial charge in [0.25, 0.3) is 11.6 Å². The number of nitrogens with one attached hydrogen (secondary N) is 2. The van der Waals surface area contributed by atoms with Crippen LogP contribution in [0.15, 0.2) is 18.2 Å². The quantitative estimate of drug-likeness (QED) is 0.625. The van der Waals surface area contributed by atoms with Crippen LogP contribution in [0.1, 0.15) is 23.7 Å². The number of alkyl halides is 3. The zero-order chi connectivity index (χ0) is 16.0. The van der Waals surface area contributed by atoms with Gasteiger partial charge in [-0.05, 0) is 18.6 Å². The lowest BCUT2D eigenvalue weighted by Gasteiger charge is -2.10. The normalized spacial score (nSPS) is 11.0. The van der Waals surface area contributed by atoms with E-state index in [2.05, 4.69) is 5.32 Å². The predicted octanol–water partition coefficient (Wildman–Crippen LogP) is 2.71. The maximum atomic E-state index is 12.0. The Morgan fingerprint density at radius 1 is 1.38 bits per heavy atom. The number of benzene rings is 1. The average molecular weight is 305 g/mol. The van der Waals surface area contributed by atoms with Gasteiger partial charge in [0.1, 0.15) is 12.2 Å². The van der Waals surface area contributed by atoms with Crippen molar-refractivity contribution in [2.45, 2.75) is 19.5 Å². The SMILES string of the molecule is CCCNc1cc(C(=O)NCC(F)(F)F)ccc1[N+](=O)[O-]. The van der Waals surface area contributed by atoms with E-state index in [1.165, 1.54) is 6.07 Å². The Morgan fingerprint density at radius 2 is 2.05 bits per heavy atom. The molecule has 0 fully saturated rings. The molecule has 1 aromatic carbocycles. The summed E-state index contributed by atoms with van der Waals surface area (Å²) in [5.41, 5.74) is -0.221. The molecular formula is C12H14F3N3O3. The van der Waals surface area contributed by atoms with Crippen LogP contribution in [0.3, 0.4) is 0 Å². The number of carbonyl (C=O) groups is 1. The second kappa shape index (κ2) is 6.91. The van der Waals surface area contributed by atoms with Crippen molar-refractivity contribution in [3.63, 3.8) is 0 Å². The Hall–Kier alpha value is -2.32. The van der Waals surface area contributed by atoms with E-state index in [-0.39, 0.29) is 16.9 Å². The molecule has 0 aliphatic carbocycles. The lowest BCUT2D eigenvalue weighted by molar-refractivity contribution is -0.384. The van der Waals surface area contributed by atoms with Crippen LogP contribution >= 0.6 is 0 Å². The highest BCUT2D eigenvalue weighted by Gasteiger charge is 2.28. The first-order valence-electron chi connectivity index (χ1n) is 6.12. The molecule has 1 aromatic rings. The molecule has 0 aliphatic rings. The van der Waals surface area contributed by atoms with Crippen molar-refractivity contribution in [2.24, 2.45) is 0 Å². The molecule has 1 amide bonds. The number of anilines is 1. The summed E-state index contributed by atoms with van der Waals surface area (Å²) >= 11 is 0. The Balaban J connectivity index is 2.93. The number of nitro benzene ring substituents is 1. The fourth-order valence-electron chi connectivity index (χ4n) is 1.52. The molecule has 0 aromatic heterocycles. The number of amides is 1. The Labute approximate surface area is 118 Å². The first kappa shape index (κ1) is 16.7. The van der Waals surface area contributed by atoms with E-state index >= 15 is 0 Å². The lowest BCUT2D eigenvalue weighted by atomic mass is 10.1. The van der Waals surface area contributed by atoms with Crippen LogP contribution in [0, 0.1) is 10.1 Å². The summed E-state index contributed by atoms with van der Waals surface area (Å²) in [5.74, 6) is -0.943. The van der Waals surface area contributed by atoms with Crippen LogP contribution in [-0.2, 0) is 0 Å². The number of carbonyl (C=O) groups excluding carboxylic acids is 1. The van der Waals surface area contributed by atoms with Gasteiger partial charge in [0, 0.05) is 18.2 Å². The van der Waals surface area contributed by atoms with E-state index in [4.69, 9.17) is 0 Å². The standard InChI is InChI=1S/C12H14F3N3O3/c1-2-5-16-9-6-8(3-4-10(9)18(20)21)11(19)17-7-12(13,14)15/h3-4,6,16H,2,5,7H2,1H3,(H,17,19). The largest absolute Gasteiger partial charge is 0.405 e. The third-order valence-corrected chi connectivity index (χ3v) is 2.47. The first-order valence-corrected chi connectivity index (χ1v) is 6.12. The number of rotatable bonds is 6. The van der Waals surface area contributed by atoms with Crippen molar-refractivity contribution in [3.8, 4) is 0 Å². The average Bonchev–Trinajstić information content (AvgIpc) is 2.41. The summed E-state index contributed by atoms with van der Waals surface area (Å²) in [5, 5.41) is 15.3. The van der Waals surface area contributed by atoms with Gasteiger partial charge in [0.15, 0.2) is 0 Å². The van der Waals surface area contributed by atoms with Gasteiger partial charge in [0.05, 0.1) is 4.92 Å². The van der Waals surface area contributed by atoms with E-state index in [0.29, 0.717) is 13.0 Å². The molecule has 0 saturated carbocycles. The van der Waals surface area contributed by atoms with Crippen LogP contribution < -0.4 is 10.6 Å². The Bertz CT molecular complexity index is 532. The Kier molecular flexibility index (Phi) is 5.51. The van der Waals surface area contributed by atoms with E-state index in [9.17, 15) is 28.1 Å². The van der Waals surface area contributed by atoms with E-state index < -0.39 is 23.6 Å². The zero-order valence-electron chi connectivity index (χ0n) is 11.2. The summed E-state index contributed by atoms with van der Waals surface area (Å²) in [6, 6.07) is 3.36. The van der Waals surface area contributed by atoms with Gasteiger partial charge in [-0.25, -0.2) is 0 Å². The monoisotopic (exact) mass is 305 g/mol. The third-order valence-electron chi connectivity index (χ3n) is 2.47. The highest BCUT2D eigenvalue weighted by Crippen LogP contribution is 2.25. The number of nitro groups is 1. The minimum atomic E-state index is -4.51. The Morgan fingerprint density at radius 3 is 2.57 bits per heavy atom. The molecule has 2 N–H and O–H groups in total. The first-order chi connectivity index (χ1) is 9.74. The summed E-state index contributed by atoms with van der Waals surface area (Å²) in [6.45, 7) is 0.827. The van der Waals surface area contributed by atoms with Crippen molar-refractivity contribution < 1.29 is 22.9 Å². The molecule has 0 spiro atoms. The molecule has 0 heterocycles. The van der Waals surface area contributed by atoms with Gasteiger partial charge in [0.2, 0.25) is 0 Å². The highest BCUT2D eigenvalue weighted by atomic mass is 19.4. The van der Waals surface area contributed by atoms with Crippen LogP contribution in [0.25, 0.3) is 0 Å². The predicted molar refractivity (Wildman–Crippen MR) is 70.3 cm³/mol. The molecule has 0 radical (unpaired) electrons. The minimum Gasteiger partial charge on any atom is -0.379 e. The van der Waals surface area contributed by atoms with Gasteiger partial charge in [-0.15, -0.1) is 0 Å². The van der Waals surface area contributed by atoms with Gasteiger partial charge in [-0.1, -0.05) is 6.92 Å². The van der Waals surface area contributed by atoms with Crippen molar-refractivity contribution in [1.82, 2.24) is 5.32 Å². The molecule has 1 rings (SSSR count). The second-order valence-electron chi connectivity index (χ2n) is 4.21. The molecule has 116 valence electrons. The number of nitrogens with zero attached hydrogens (tertiary/aromatic N) is 1. The number of halogens is 3. The summed E-state index contributed by atoms with van der Waals surface area (Å²) in [7, 11) is 0. The minimum absolute atomic E-state index is 0.0801. The smallest absolute Gasteiger partial charge is 0.379 e. The van der Waals surface area contributed by atoms with Crippen LogP contribution in [0.2, 0.25) is 0 Å². The van der Waals surface area contributed by atoms with E-state index in [0.717, 1.165) is 12.1 Å². The number of hydrogen-bond donors (Lipinski definition) is 2. The van der Waals surface area contributed by atoms with Gasteiger partial charge < -0.3 is 10.6 Å². The van der Waals surface area contributed by atoms with Crippen LogP contribution in [-0.4, -0.2) is 30.1 Å². The fraction of sp³-hybridized carbons (Fsp3) is 0.417. The third kappa shape index (κ3) is 5.28. The molecule has 21 heavy (non-hydrogen) atoms. The fourth-order valence-corrected chi connectivity index (χ4v) is 1.52. The molecular weight excluding hydrogens is 291 g/mol. The highest BCUT2D eigenvalue weighted by molar-refractivity contribution is 5.95. The van der Waals surface area contributed by atoms with Crippen molar-refractivity contribution in [2.75, 3.05) is 18.4 Å². The number of hydrogen-bond acceptors (Lipinski definition) is 4. The summed E-state index contributed by atoms with van der Waals surface area (Å²) < 4.78 is 36.1. The van der Waals surface area contributed by atoms with Crippen LogP contribution in [0.5, 0.6) is 0 Å². The van der Waals surface area contributed by atoms with Gasteiger partial charge in [-0.2, -0.15) is 13.2 Å². The summed E-state index contributed by atoms with van der Waals surface area (Å²) in [6.07, 6.45) is -3.82. The molecule has 0 aliphatic heterocycles. The van der Waals surface area contributed by atoms with Crippen LogP contribution in [0.4, 0.5) is 24.5 Å². The lowest BCUT2D eigenvalue weighted by Crippen LogP contribution is -2.33.